The molecule has 3 rings (SSSR count). The molecule has 2 heterocycles. The molecule has 0 radical (unpaired) electrons. The monoisotopic (exact) mass is 372 g/mol. The van der Waals surface area contributed by atoms with Crippen LogP contribution in [-0.2, 0) is 16.4 Å². The number of aromatic nitrogens is 1. The van der Waals surface area contributed by atoms with Crippen LogP contribution in [0.1, 0.15) is 16.8 Å². The molecule has 0 aliphatic carbocycles. The van der Waals surface area contributed by atoms with Gasteiger partial charge in [0.05, 0.1) is 12.3 Å². The summed E-state index contributed by atoms with van der Waals surface area (Å²) in [6.07, 6.45) is 0.692. The lowest BCUT2D eigenvalue weighted by Gasteiger charge is -2.10. The summed E-state index contributed by atoms with van der Waals surface area (Å²) < 4.78 is 38.7. The van der Waals surface area contributed by atoms with Gasteiger partial charge in [-0.05, 0) is 26.0 Å². The van der Waals surface area contributed by atoms with Gasteiger partial charge < -0.3 is 9.26 Å². The second-order valence-electron chi connectivity index (χ2n) is 4.82. The van der Waals surface area contributed by atoms with Crippen molar-refractivity contribution in [2.75, 3.05) is 11.3 Å². The summed E-state index contributed by atoms with van der Waals surface area (Å²) in [4.78, 5) is 0.0952. The normalized spacial score (nSPS) is 13.9. The summed E-state index contributed by atoms with van der Waals surface area (Å²) in [5.74, 6) is 0.527. The molecule has 6 nitrogen and oxygen atoms in total. The van der Waals surface area contributed by atoms with Gasteiger partial charge in [-0.25, -0.2) is 13.1 Å². The minimum Gasteiger partial charge on any atom is -0.492 e. The number of hydrogen-bond acceptors (Lipinski definition) is 5. The minimum atomic E-state index is -3.81. The van der Waals surface area contributed by atoms with Crippen molar-refractivity contribution >= 4 is 31.8 Å². The van der Waals surface area contributed by atoms with E-state index in [1.54, 1.807) is 13.8 Å². The first-order valence-electron chi connectivity index (χ1n) is 6.29. The van der Waals surface area contributed by atoms with E-state index in [-0.39, 0.29) is 10.8 Å². The zero-order chi connectivity index (χ0) is 15.2. The highest BCUT2D eigenvalue weighted by molar-refractivity contribution is 9.10. The van der Waals surface area contributed by atoms with Crippen molar-refractivity contribution in [2.45, 2.75) is 25.2 Å². The van der Waals surface area contributed by atoms with Crippen LogP contribution in [0.15, 0.2) is 26.0 Å². The number of halogens is 1. The Labute approximate surface area is 130 Å². The van der Waals surface area contributed by atoms with Crippen molar-refractivity contribution in [1.29, 1.82) is 0 Å². The van der Waals surface area contributed by atoms with Crippen LogP contribution >= 0.6 is 15.9 Å². The molecule has 0 bridgehead atoms. The molecule has 2 aromatic rings. The number of fused-ring (bicyclic) bond motifs is 1. The van der Waals surface area contributed by atoms with E-state index >= 15 is 0 Å². The summed E-state index contributed by atoms with van der Waals surface area (Å²) in [6, 6.07) is 3.39. The molecule has 0 fully saturated rings. The van der Waals surface area contributed by atoms with Crippen LogP contribution in [0.5, 0.6) is 5.75 Å². The first-order chi connectivity index (χ1) is 9.88. The molecular formula is C13H13BrN2O4S. The Kier molecular flexibility index (Phi) is 3.45. The molecule has 8 heteroatoms. The van der Waals surface area contributed by atoms with E-state index < -0.39 is 10.0 Å². The highest BCUT2D eigenvalue weighted by atomic mass is 79.9. The summed E-state index contributed by atoms with van der Waals surface area (Å²) >= 11 is 3.33. The fraction of sp³-hybridized carbons (Fsp3) is 0.308. The average Bonchev–Trinajstić information content (AvgIpc) is 2.99. The Hall–Kier alpha value is -1.54. The molecule has 0 unspecified atom stereocenters. The van der Waals surface area contributed by atoms with E-state index in [2.05, 4.69) is 25.8 Å². The van der Waals surface area contributed by atoms with Gasteiger partial charge in [0.25, 0.3) is 10.0 Å². The number of hydrogen-bond donors (Lipinski definition) is 1. The predicted octanol–water partition coefficient (Wildman–Crippen LogP) is 2.79. The van der Waals surface area contributed by atoms with Gasteiger partial charge in [0.15, 0.2) is 0 Å². The van der Waals surface area contributed by atoms with Crippen molar-refractivity contribution in [3.63, 3.8) is 0 Å². The fourth-order valence-electron chi connectivity index (χ4n) is 2.12. The van der Waals surface area contributed by atoms with Crippen LogP contribution < -0.4 is 9.46 Å². The number of anilines is 1. The second-order valence-corrected chi connectivity index (χ2v) is 7.38. The van der Waals surface area contributed by atoms with E-state index in [4.69, 9.17) is 9.26 Å². The number of benzene rings is 1. The first-order valence-corrected chi connectivity index (χ1v) is 8.57. The summed E-state index contributed by atoms with van der Waals surface area (Å²) in [5.41, 5.74) is 2.17. The predicted molar refractivity (Wildman–Crippen MR) is 80.1 cm³/mol. The quantitative estimate of drug-likeness (QED) is 0.895. The average molecular weight is 373 g/mol. The van der Waals surface area contributed by atoms with Gasteiger partial charge in [-0.1, -0.05) is 21.1 Å². The maximum Gasteiger partial charge on any atom is 0.267 e. The van der Waals surface area contributed by atoms with Gasteiger partial charge in [-0.2, -0.15) is 0 Å². The molecule has 1 aliphatic heterocycles. The Morgan fingerprint density at radius 2 is 2.10 bits per heavy atom. The number of ether oxygens (including phenoxy) is 1. The Bertz CT molecular complexity index is 814. The lowest BCUT2D eigenvalue weighted by Crippen LogP contribution is -2.14. The maximum atomic E-state index is 12.6. The molecular weight excluding hydrogens is 360 g/mol. The van der Waals surface area contributed by atoms with Crippen LogP contribution in [0.4, 0.5) is 5.88 Å². The van der Waals surface area contributed by atoms with Gasteiger partial charge in [0.2, 0.25) is 5.88 Å². The Morgan fingerprint density at radius 3 is 2.76 bits per heavy atom. The molecule has 0 saturated heterocycles. The molecule has 0 saturated carbocycles. The van der Waals surface area contributed by atoms with E-state index in [9.17, 15) is 8.42 Å². The standard InChI is InChI=1S/C13H13BrN2O4S/c1-7-8(2)15-20-13(7)16-21(17,18)11-6-10(14)5-9-3-4-19-12(9)11/h5-6,16H,3-4H2,1-2H3. The molecule has 1 aromatic heterocycles. The summed E-state index contributed by atoms with van der Waals surface area (Å²) in [7, 11) is -3.81. The van der Waals surface area contributed by atoms with Crippen LogP contribution in [0.3, 0.4) is 0 Å². The smallest absolute Gasteiger partial charge is 0.267 e. The van der Waals surface area contributed by atoms with Crippen molar-refractivity contribution in [3.8, 4) is 5.75 Å². The topological polar surface area (TPSA) is 81.4 Å². The highest BCUT2D eigenvalue weighted by Crippen LogP contribution is 2.36. The molecule has 1 N–H and O–H groups in total. The van der Waals surface area contributed by atoms with E-state index in [1.165, 1.54) is 6.07 Å². The van der Waals surface area contributed by atoms with Crippen molar-refractivity contribution in [3.05, 3.63) is 33.4 Å². The van der Waals surface area contributed by atoms with E-state index in [0.29, 0.717) is 34.5 Å². The molecule has 0 atom stereocenters. The van der Waals surface area contributed by atoms with Gasteiger partial charge in [0, 0.05) is 22.0 Å². The second kappa shape index (κ2) is 5.03. The van der Waals surface area contributed by atoms with Crippen LogP contribution in [0.2, 0.25) is 0 Å². The number of aryl methyl sites for hydroxylation is 1. The minimum absolute atomic E-state index is 0.0952. The lowest BCUT2D eigenvalue weighted by atomic mass is 10.2. The lowest BCUT2D eigenvalue weighted by molar-refractivity contribution is 0.348. The third kappa shape index (κ3) is 2.53. The molecule has 21 heavy (non-hydrogen) atoms. The Balaban J connectivity index is 2.05. The molecule has 0 amide bonds. The fourth-order valence-corrected chi connectivity index (χ4v) is 4.04. The van der Waals surface area contributed by atoms with Gasteiger partial charge in [-0.3, -0.25) is 0 Å². The Morgan fingerprint density at radius 1 is 1.33 bits per heavy atom. The summed E-state index contributed by atoms with van der Waals surface area (Å²) in [6.45, 7) is 3.97. The van der Waals surface area contributed by atoms with Gasteiger partial charge in [-0.15, -0.1) is 0 Å². The zero-order valence-corrected chi connectivity index (χ0v) is 13.8. The first kappa shape index (κ1) is 14.4. The van der Waals surface area contributed by atoms with Crippen molar-refractivity contribution in [2.24, 2.45) is 0 Å². The molecule has 112 valence electrons. The van der Waals surface area contributed by atoms with Crippen LogP contribution in [-0.4, -0.2) is 20.2 Å². The van der Waals surface area contributed by atoms with Gasteiger partial charge in [0.1, 0.15) is 10.6 Å². The summed E-state index contributed by atoms with van der Waals surface area (Å²) in [5, 5.41) is 3.74. The SMILES string of the molecule is Cc1noc(NS(=O)(=O)c2cc(Br)cc3c2OCC3)c1C. The highest BCUT2D eigenvalue weighted by Gasteiger charge is 2.28. The number of sulfonamides is 1. The number of rotatable bonds is 3. The van der Waals surface area contributed by atoms with E-state index in [0.717, 1.165) is 5.56 Å². The van der Waals surface area contributed by atoms with Gasteiger partial charge >= 0.3 is 0 Å². The van der Waals surface area contributed by atoms with Crippen LogP contribution in [0.25, 0.3) is 0 Å². The van der Waals surface area contributed by atoms with Crippen molar-refractivity contribution < 1.29 is 17.7 Å². The third-order valence-electron chi connectivity index (χ3n) is 3.39. The van der Waals surface area contributed by atoms with Crippen LogP contribution in [0, 0.1) is 13.8 Å². The number of nitrogens with zero attached hydrogens (tertiary/aromatic N) is 1. The van der Waals surface area contributed by atoms with Crippen molar-refractivity contribution in [1.82, 2.24) is 5.16 Å². The number of nitrogens with one attached hydrogen (secondary N) is 1. The molecule has 1 aliphatic rings. The third-order valence-corrected chi connectivity index (χ3v) is 5.18. The molecule has 0 spiro atoms. The largest absolute Gasteiger partial charge is 0.492 e. The molecule has 1 aromatic carbocycles. The van der Waals surface area contributed by atoms with E-state index in [1.807, 2.05) is 6.07 Å². The zero-order valence-electron chi connectivity index (χ0n) is 11.4. The maximum absolute atomic E-state index is 12.6.